The summed E-state index contributed by atoms with van der Waals surface area (Å²) in [5.74, 6) is 0.108. The molecule has 1 fully saturated rings. The average Bonchev–Trinajstić information content (AvgIpc) is 2.69. The van der Waals surface area contributed by atoms with Crippen LogP contribution < -0.4 is 15.5 Å². The highest BCUT2D eigenvalue weighted by Gasteiger charge is 2.18. The van der Waals surface area contributed by atoms with Crippen molar-refractivity contribution in [2.75, 3.05) is 36.5 Å². The normalized spacial score (nSPS) is 15.1. The van der Waals surface area contributed by atoms with E-state index in [0.29, 0.717) is 29.5 Å². The van der Waals surface area contributed by atoms with Crippen LogP contribution in [0.4, 0.5) is 11.5 Å². The summed E-state index contributed by atoms with van der Waals surface area (Å²) >= 11 is 6.01. The van der Waals surface area contributed by atoms with Crippen LogP contribution in [0.1, 0.15) is 17.3 Å². The van der Waals surface area contributed by atoms with Gasteiger partial charge in [-0.15, -0.1) is 0 Å². The Morgan fingerprint density at radius 2 is 1.93 bits per heavy atom. The van der Waals surface area contributed by atoms with Gasteiger partial charge in [-0.05, 0) is 31.2 Å². The number of morpholine rings is 1. The molecule has 0 aliphatic carbocycles. The number of carbonyl (C=O) groups excluding carboxylic acids is 2. The third-order valence-electron chi connectivity index (χ3n) is 4.21. The highest BCUT2D eigenvalue weighted by atomic mass is 35.5. The number of anilines is 2. The molecule has 7 nitrogen and oxygen atoms in total. The molecule has 27 heavy (non-hydrogen) atoms. The fraction of sp³-hybridized carbons (Fsp3) is 0.316. The summed E-state index contributed by atoms with van der Waals surface area (Å²) < 4.78 is 5.33. The molecule has 2 N–H and O–H groups in total. The maximum Gasteiger partial charge on any atom is 0.253 e. The standard InChI is InChI=1S/C19H21ClN4O3/c1-13(22-19(26)15-4-2-3-5-16(15)20)18(25)23-14-6-7-17(21-12-14)24-8-10-27-11-9-24/h2-7,12-13H,8-11H2,1H3,(H,22,26)(H,23,25). The van der Waals surface area contributed by atoms with Crippen LogP contribution in [-0.4, -0.2) is 49.1 Å². The van der Waals surface area contributed by atoms with Crippen LogP contribution in [0.25, 0.3) is 0 Å². The highest BCUT2D eigenvalue weighted by Crippen LogP contribution is 2.16. The first kappa shape index (κ1) is 19.1. The molecule has 1 unspecified atom stereocenters. The number of rotatable bonds is 5. The van der Waals surface area contributed by atoms with Gasteiger partial charge < -0.3 is 20.3 Å². The van der Waals surface area contributed by atoms with Crippen LogP contribution in [0.2, 0.25) is 5.02 Å². The first-order chi connectivity index (χ1) is 13.0. The van der Waals surface area contributed by atoms with Crippen LogP contribution >= 0.6 is 11.6 Å². The largest absolute Gasteiger partial charge is 0.378 e. The molecule has 3 rings (SSSR count). The van der Waals surface area contributed by atoms with Crippen LogP contribution in [0, 0.1) is 0 Å². The summed E-state index contributed by atoms with van der Waals surface area (Å²) in [4.78, 5) is 31.1. The Balaban J connectivity index is 1.56. The zero-order valence-electron chi connectivity index (χ0n) is 14.9. The first-order valence-electron chi connectivity index (χ1n) is 8.69. The van der Waals surface area contributed by atoms with E-state index in [1.807, 2.05) is 6.07 Å². The summed E-state index contributed by atoms with van der Waals surface area (Å²) in [6.45, 7) is 4.57. The number of ether oxygens (including phenoxy) is 1. The van der Waals surface area contributed by atoms with E-state index in [1.165, 1.54) is 0 Å². The second-order valence-corrected chi connectivity index (χ2v) is 6.58. The number of benzene rings is 1. The van der Waals surface area contributed by atoms with Gasteiger partial charge in [0.05, 0.1) is 35.7 Å². The predicted molar refractivity (Wildman–Crippen MR) is 104 cm³/mol. The zero-order chi connectivity index (χ0) is 19.2. The van der Waals surface area contributed by atoms with E-state index in [2.05, 4.69) is 20.5 Å². The van der Waals surface area contributed by atoms with Crippen molar-refractivity contribution >= 4 is 34.9 Å². The van der Waals surface area contributed by atoms with Crippen molar-refractivity contribution in [3.8, 4) is 0 Å². The van der Waals surface area contributed by atoms with Gasteiger partial charge in [0.15, 0.2) is 0 Å². The molecule has 0 saturated carbocycles. The van der Waals surface area contributed by atoms with E-state index < -0.39 is 11.9 Å². The van der Waals surface area contributed by atoms with Gasteiger partial charge in [0.2, 0.25) is 5.91 Å². The molecule has 0 radical (unpaired) electrons. The molecule has 8 heteroatoms. The minimum Gasteiger partial charge on any atom is -0.378 e. The Hall–Kier alpha value is -2.64. The highest BCUT2D eigenvalue weighted by molar-refractivity contribution is 6.33. The van der Waals surface area contributed by atoms with Gasteiger partial charge in [-0.2, -0.15) is 0 Å². The van der Waals surface area contributed by atoms with E-state index in [4.69, 9.17) is 16.3 Å². The molecule has 1 saturated heterocycles. The molecule has 1 aliphatic rings. The van der Waals surface area contributed by atoms with Crippen molar-refractivity contribution in [1.29, 1.82) is 0 Å². The molecular formula is C19H21ClN4O3. The number of amides is 2. The third kappa shape index (κ3) is 4.96. The molecule has 1 aromatic carbocycles. The van der Waals surface area contributed by atoms with Crippen molar-refractivity contribution in [3.63, 3.8) is 0 Å². The molecule has 2 heterocycles. The van der Waals surface area contributed by atoms with Gasteiger partial charge in [0.1, 0.15) is 11.9 Å². The molecule has 0 bridgehead atoms. The lowest BCUT2D eigenvalue weighted by atomic mass is 10.2. The summed E-state index contributed by atoms with van der Waals surface area (Å²) in [5, 5.41) is 5.73. The number of pyridine rings is 1. The lowest BCUT2D eigenvalue weighted by Crippen LogP contribution is -2.41. The van der Waals surface area contributed by atoms with E-state index in [1.54, 1.807) is 43.5 Å². The fourth-order valence-electron chi connectivity index (χ4n) is 2.68. The van der Waals surface area contributed by atoms with E-state index in [9.17, 15) is 9.59 Å². The molecule has 1 aliphatic heterocycles. The minimum absolute atomic E-state index is 0.329. The smallest absolute Gasteiger partial charge is 0.253 e. The third-order valence-corrected chi connectivity index (χ3v) is 4.54. The Labute approximate surface area is 162 Å². The van der Waals surface area contributed by atoms with E-state index in [-0.39, 0.29) is 5.91 Å². The number of hydrogen-bond donors (Lipinski definition) is 2. The van der Waals surface area contributed by atoms with Crippen molar-refractivity contribution in [3.05, 3.63) is 53.2 Å². The quantitative estimate of drug-likeness (QED) is 0.821. The van der Waals surface area contributed by atoms with Crippen LogP contribution in [0.15, 0.2) is 42.6 Å². The van der Waals surface area contributed by atoms with Gasteiger partial charge in [-0.3, -0.25) is 9.59 Å². The number of halogens is 1. The van der Waals surface area contributed by atoms with Crippen LogP contribution in [0.3, 0.4) is 0 Å². The minimum atomic E-state index is -0.729. The van der Waals surface area contributed by atoms with Crippen molar-refractivity contribution in [1.82, 2.24) is 10.3 Å². The maximum absolute atomic E-state index is 12.3. The van der Waals surface area contributed by atoms with Gasteiger partial charge in [-0.25, -0.2) is 4.98 Å². The topological polar surface area (TPSA) is 83.6 Å². The molecule has 0 spiro atoms. The second kappa shape index (κ2) is 8.83. The first-order valence-corrected chi connectivity index (χ1v) is 9.07. The lowest BCUT2D eigenvalue weighted by molar-refractivity contribution is -0.117. The Morgan fingerprint density at radius 1 is 1.19 bits per heavy atom. The summed E-state index contributed by atoms with van der Waals surface area (Å²) in [5.41, 5.74) is 0.895. The van der Waals surface area contributed by atoms with Crippen LogP contribution in [-0.2, 0) is 9.53 Å². The van der Waals surface area contributed by atoms with Gasteiger partial charge in [-0.1, -0.05) is 23.7 Å². The average molecular weight is 389 g/mol. The summed E-state index contributed by atoms with van der Waals surface area (Å²) in [6.07, 6.45) is 1.60. The molecule has 142 valence electrons. The van der Waals surface area contributed by atoms with Crippen molar-refractivity contribution in [2.24, 2.45) is 0 Å². The molecule has 2 amide bonds. The monoisotopic (exact) mass is 388 g/mol. The predicted octanol–water partition coefficient (Wildman–Crippen LogP) is 2.33. The fourth-order valence-corrected chi connectivity index (χ4v) is 2.90. The number of nitrogens with zero attached hydrogens (tertiary/aromatic N) is 2. The number of aromatic nitrogens is 1. The second-order valence-electron chi connectivity index (χ2n) is 6.17. The Morgan fingerprint density at radius 3 is 2.59 bits per heavy atom. The Bertz CT molecular complexity index is 807. The van der Waals surface area contributed by atoms with Crippen molar-refractivity contribution < 1.29 is 14.3 Å². The number of nitrogens with one attached hydrogen (secondary N) is 2. The summed E-state index contributed by atoms with van der Waals surface area (Å²) in [6, 6.07) is 9.61. The van der Waals surface area contributed by atoms with Gasteiger partial charge >= 0.3 is 0 Å². The van der Waals surface area contributed by atoms with E-state index >= 15 is 0 Å². The summed E-state index contributed by atoms with van der Waals surface area (Å²) in [7, 11) is 0. The van der Waals surface area contributed by atoms with Crippen LogP contribution in [0.5, 0.6) is 0 Å². The molecule has 1 aromatic heterocycles. The molecule has 2 aromatic rings. The zero-order valence-corrected chi connectivity index (χ0v) is 15.7. The Kier molecular flexibility index (Phi) is 6.26. The van der Waals surface area contributed by atoms with E-state index in [0.717, 1.165) is 18.9 Å². The van der Waals surface area contributed by atoms with Crippen molar-refractivity contribution in [2.45, 2.75) is 13.0 Å². The number of carbonyl (C=O) groups is 2. The number of hydrogen-bond acceptors (Lipinski definition) is 5. The SMILES string of the molecule is CC(NC(=O)c1ccccc1Cl)C(=O)Nc1ccc(N2CCOCC2)nc1. The molecule has 1 atom stereocenters. The molecular weight excluding hydrogens is 368 g/mol. The maximum atomic E-state index is 12.3. The lowest BCUT2D eigenvalue weighted by Gasteiger charge is -2.27. The van der Waals surface area contributed by atoms with Gasteiger partial charge in [0, 0.05) is 13.1 Å². The van der Waals surface area contributed by atoms with Gasteiger partial charge in [0.25, 0.3) is 5.91 Å².